The van der Waals surface area contributed by atoms with E-state index in [9.17, 15) is 0 Å². The quantitative estimate of drug-likeness (QED) is 0.487. The molecule has 126 valence electrons. The van der Waals surface area contributed by atoms with Gasteiger partial charge in [-0.3, -0.25) is 4.57 Å². The number of thiazole rings is 1. The molecule has 5 nitrogen and oxygen atoms in total. The molecular weight excluding hydrogens is 372 g/mol. The maximum absolute atomic E-state index is 5.27. The molecular formula is C17H14N4OS3. The average Bonchev–Trinajstić information content (AvgIpc) is 3.36. The monoisotopic (exact) mass is 386 g/mol. The summed E-state index contributed by atoms with van der Waals surface area (Å²) in [5.74, 6) is 1.65. The molecule has 0 fully saturated rings. The third-order valence-corrected chi connectivity index (χ3v) is 6.35. The highest BCUT2D eigenvalue weighted by molar-refractivity contribution is 8.00. The van der Waals surface area contributed by atoms with E-state index in [4.69, 9.17) is 4.74 Å². The summed E-state index contributed by atoms with van der Waals surface area (Å²) in [4.78, 5) is 5.60. The lowest BCUT2D eigenvalue weighted by atomic mass is 10.3. The first-order chi connectivity index (χ1) is 12.2. The molecule has 8 heteroatoms. The topological polar surface area (TPSA) is 52.8 Å². The second-order valence-corrected chi connectivity index (χ2v) is 8.19. The standard InChI is InChI=1S/C17H14N4OS3/c1-11-10-24-17(18-11)25-16-20-19-15(14-4-3-9-23-14)21(16)12-5-7-13(22-2)8-6-12/h3-10H,1-2H3. The molecule has 0 bridgehead atoms. The maximum atomic E-state index is 5.27. The molecule has 0 saturated carbocycles. The molecule has 0 amide bonds. The largest absolute Gasteiger partial charge is 0.497 e. The van der Waals surface area contributed by atoms with E-state index >= 15 is 0 Å². The number of ether oxygens (including phenoxy) is 1. The minimum absolute atomic E-state index is 0.794. The minimum Gasteiger partial charge on any atom is -0.497 e. The van der Waals surface area contributed by atoms with Crippen LogP contribution in [0.5, 0.6) is 5.75 Å². The number of rotatable bonds is 5. The van der Waals surface area contributed by atoms with Crippen LogP contribution in [0.3, 0.4) is 0 Å². The number of nitrogens with zero attached hydrogens (tertiary/aromatic N) is 4. The Labute approximate surface area is 157 Å². The fourth-order valence-electron chi connectivity index (χ4n) is 2.32. The Bertz CT molecular complexity index is 974. The van der Waals surface area contributed by atoms with Gasteiger partial charge < -0.3 is 4.74 Å². The van der Waals surface area contributed by atoms with Crippen LogP contribution in [0.4, 0.5) is 0 Å². The fourth-order valence-corrected chi connectivity index (χ4v) is 4.81. The zero-order chi connectivity index (χ0) is 17.2. The maximum Gasteiger partial charge on any atom is 0.203 e. The van der Waals surface area contributed by atoms with Gasteiger partial charge in [-0.25, -0.2) is 4.98 Å². The summed E-state index contributed by atoms with van der Waals surface area (Å²) in [6, 6.07) is 12.0. The lowest BCUT2D eigenvalue weighted by molar-refractivity contribution is 0.414. The van der Waals surface area contributed by atoms with Crippen molar-refractivity contribution in [2.45, 2.75) is 16.4 Å². The molecule has 0 radical (unpaired) electrons. The predicted octanol–water partition coefficient (Wildman–Crippen LogP) is 4.92. The summed E-state index contributed by atoms with van der Waals surface area (Å²) in [7, 11) is 1.66. The summed E-state index contributed by atoms with van der Waals surface area (Å²) in [6.07, 6.45) is 0. The molecule has 0 atom stereocenters. The van der Waals surface area contributed by atoms with Crippen LogP contribution in [0.2, 0.25) is 0 Å². The third kappa shape index (κ3) is 3.33. The van der Waals surface area contributed by atoms with Crippen LogP contribution in [0.25, 0.3) is 16.4 Å². The van der Waals surface area contributed by atoms with E-state index in [1.165, 1.54) is 11.8 Å². The minimum atomic E-state index is 0.794. The van der Waals surface area contributed by atoms with Gasteiger partial charge in [0, 0.05) is 11.1 Å². The molecule has 3 aromatic heterocycles. The van der Waals surface area contributed by atoms with E-state index in [-0.39, 0.29) is 0 Å². The van der Waals surface area contributed by atoms with Gasteiger partial charge in [-0.15, -0.1) is 32.9 Å². The van der Waals surface area contributed by atoms with Gasteiger partial charge in [0.05, 0.1) is 17.7 Å². The number of aryl methyl sites for hydroxylation is 1. The molecule has 3 heterocycles. The number of thiophene rings is 1. The second kappa shape index (κ2) is 6.99. The molecule has 1 aromatic carbocycles. The highest BCUT2D eigenvalue weighted by atomic mass is 32.2. The molecule has 0 saturated heterocycles. The van der Waals surface area contributed by atoms with Crippen LogP contribution < -0.4 is 4.74 Å². The highest BCUT2D eigenvalue weighted by Crippen LogP contribution is 2.35. The van der Waals surface area contributed by atoms with E-state index in [0.717, 1.165) is 37.3 Å². The number of hydrogen-bond acceptors (Lipinski definition) is 7. The van der Waals surface area contributed by atoms with Gasteiger partial charge >= 0.3 is 0 Å². The molecule has 0 aliphatic carbocycles. The number of hydrogen-bond donors (Lipinski definition) is 0. The molecule has 0 aliphatic heterocycles. The van der Waals surface area contributed by atoms with Crippen molar-refractivity contribution in [1.82, 2.24) is 19.7 Å². The molecule has 0 N–H and O–H groups in total. The third-order valence-electron chi connectivity index (χ3n) is 3.48. The average molecular weight is 387 g/mol. The zero-order valence-electron chi connectivity index (χ0n) is 13.5. The van der Waals surface area contributed by atoms with Gasteiger partial charge in [-0.1, -0.05) is 6.07 Å². The summed E-state index contributed by atoms with van der Waals surface area (Å²) in [5.41, 5.74) is 2.01. The summed E-state index contributed by atoms with van der Waals surface area (Å²) >= 11 is 4.79. The number of benzene rings is 1. The zero-order valence-corrected chi connectivity index (χ0v) is 16.0. The first-order valence-electron chi connectivity index (χ1n) is 7.48. The van der Waals surface area contributed by atoms with Gasteiger partial charge in [0.25, 0.3) is 0 Å². The first kappa shape index (κ1) is 16.3. The van der Waals surface area contributed by atoms with E-state index < -0.39 is 0 Å². The van der Waals surface area contributed by atoms with Crippen LogP contribution in [0.1, 0.15) is 5.69 Å². The molecule has 0 aliphatic rings. The van der Waals surface area contributed by atoms with Gasteiger partial charge in [-0.05, 0) is 54.4 Å². The fraction of sp³-hybridized carbons (Fsp3) is 0.118. The highest BCUT2D eigenvalue weighted by Gasteiger charge is 2.18. The molecule has 25 heavy (non-hydrogen) atoms. The van der Waals surface area contributed by atoms with Crippen molar-refractivity contribution in [3.05, 3.63) is 52.9 Å². The second-order valence-electron chi connectivity index (χ2n) is 5.17. The van der Waals surface area contributed by atoms with E-state index in [1.807, 2.05) is 48.0 Å². The van der Waals surface area contributed by atoms with Gasteiger partial charge in [0.2, 0.25) is 5.16 Å². The molecule has 0 unspecified atom stereocenters. The Morgan fingerprint density at radius 3 is 2.56 bits per heavy atom. The smallest absolute Gasteiger partial charge is 0.203 e. The number of methoxy groups -OCH3 is 1. The SMILES string of the molecule is COc1ccc(-n2c(Sc3nc(C)cs3)nnc2-c2cccs2)cc1. The molecule has 4 aromatic rings. The van der Waals surface area contributed by atoms with Crippen LogP contribution in [0, 0.1) is 6.92 Å². The summed E-state index contributed by atoms with van der Waals surface area (Å²) in [5, 5.41) is 13.7. The Hall–Kier alpha value is -2.16. The first-order valence-corrected chi connectivity index (χ1v) is 10.1. The van der Waals surface area contributed by atoms with Crippen molar-refractivity contribution >= 4 is 34.4 Å². The van der Waals surface area contributed by atoms with Crippen LogP contribution >= 0.6 is 34.4 Å². The summed E-state index contributed by atoms with van der Waals surface area (Å²) in [6.45, 7) is 1.99. The van der Waals surface area contributed by atoms with Crippen molar-refractivity contribution in [3.63, 3.8) is 0 Å². The lowest BCUT2D eigenvalue weighted by Crippen LogP contribution is -1.99. The van der Waals surface area contributed by atoms with Gasteiger partial charge in [0.1, 0.15) is 5.75 Å². The van der Waals surface area contributed by atoms with Gasteiger partial charge in [-0.2, -0.15) is 0 Å². The normalized spacial score (nSPS) is 11.0. The molecule has 0 spiro atoms. The van der Waals surface area contributed by atoms with Crippen LogP contribution in [-0.4, -0.2) is 26.9 Å². The Morgan fingerprint density at radius 1 is 1.08 bits per heavy atom. The molecule has 4 rings (SSSR count). The van der Waals surface area contributed by atoms with Crippen molar-refractivity contribution in [2.24, 2.45) is 0 Å². The van der Waals surface area contributed by atoms with Gasteiger partial charge in [0.15, 0.2) is 10.2 Å². The van der Waals surface area contributed by atoms with Crippen molar-refractivity contribution in [2.75, 3.05) is 7.11 Å². The van der Waals surface area contributed by atoms with Crippen molar-refractivity contribution < 1.29 is 4.74 Å². The summed E-state index contributed by atoms with van der Waals surface area (Å²) < 4.78 is 8.28. The predicted molar refractivity (Wildman–Crippen MR) is 102 cm³/mol. The van der Waals surface area contributed by atoms with Crippen molar-refractivity contribution in [1.29, 1.82) is 0 Å². The van der Waals surface area contributed by atoms with E-state index in [0.29, 0.717) is 0 Å². The number of aromatic nitrogens is 4. The van der Waals surface area contributed by atoms with Crippen LogP contribution in [0.15, 0.2) is 56.7 Å². The van der Waals surface area contributed by atoms with Crippen molar-refractivity contribution in [3.8, 4) is 22.1 Å². The Kier molecular flexibility index (Phi) is 4.56. The van der Waals surface area contributed by atoms with E-state index in [1.54, 1.807) is 29.8 Å². The van der Waals surface area contributed by atoms with E-state index in [2.05, 4.69) is 25.8 Å². The lowest BCUT2D eigenvalue weighted by Gasteiger charge is -2.09. The Balaban J connectivity index is 1.81. The Morgan fingerprint density at radius 2 is 1.92 bits per heavy atom. The van der Waals surface area contributed by atoms with Crippen LogP contribution in [-0.2, 0) is 0 Å².